The van der Waals surface area contributed by atoms with Crippen LogP contribution in [0, 0.1) is 15.9 Å². The van der Waals surface area contributed by atoms with Gasteiger partial charge in [-0.05, 0) is 24.3 Å². The molecule has 9 heteroatoms. The third kappa shape index (κ3) is 2.60. The van der Waals surface area contributed by atoms with Crippen molar-refractivity contribution < 1.29 is 19.3 Å². The molecule has 0 fully saturated rings. The Morgan fingerprint density at radius 1 is 1.30 bits per heavy atom. The normalized spacial score (nSPS) is 10.7. The Bertz CT molecular complexity index is 938. The number of nitro benzene ring substituents is 1. The van der Waals surface area contributed by atoms with Crippen LogP contribution in [0.4, 0.5) is 10.1 Å². The molecule has 3 aromatic rings. The van der Waals surface area contributed by atoms with Gasteiger partial charge in [0.05, 0.1) is 21.5 Å². The van der Waals surface area contributed by atoms with Crippen LogP contribution in [0.3, 0.4) is 0 Å². The summed E-state index contributed by atoms with van der Waals surface area (Å²) in [6.45, 7) is 0. The smallest absolute Gasteiger partial charge is 0.274 e. The van der Waals surface area contributed by atoms with Crippen molar-refractivity contribution in [3.63, 3.8) is 0 Å². The third-order valence-electron chi connectivity index (χ3n) is 3.26. The van der Waals surface area contributed by atoms with Crippen molar-refractivity contribution in [1.82, 2.24) is 15.4 Å². The highest BCUT2D eigenvalue weighted by molar-refractivity contribution is 5.97. The molecular weight excluding hydrogens is 307 g/mol. The Morgan fingerprint density at radius 3 is 2.78 bits per heavy atom. The van der Waals surface area contributed by atoms with Crippen LogP contribution in [-0.4, -0.2) is 26.0 Å². The van der Waals surface area contributed by atoms with E-state index in [0.29, 0.717) is 11.0 Å². The van der Waals surface area contributed by atoms with Crippen LogP contribution < -0.4 is 5.48 Å². The van der Waals surface area contributed by atoms with E-state index in [4.69, 9.17) is 5.21 Å². The van der Waals surface area contributed by atoms with Crippen molar-refractivity contribution in [2.45, 2.75) is 0 Å². The summed E-state index contributed by atoms with van der Waals surface area (Å²) in [6, 6.07) is 7.50. The zero-order chi connectivity index (χ0) is 16.6. The van der Waals surface area contributed by atoms with Gasteiger partial charge in [-0.2, -0.15) is 0 Å². The zero-order valence-electron chi connectivity index (χ0n) is 11.4. The summed E-state index contributed by atoms with van der Waals surface area (Å²) in [7, 11) is 0. The number of rotatable bonds is 3. The molecule has 0 radical (unpaired) electrons. The Morgan fingerprint density at radius 2 is 2.09 bits per heavy atom. The molecule has 0 aliphatic heterocycles. The maximum Gasteiger partial charge on any atom is 0.274 e. The second-order valence-electron chi connectivity index (χ2n) is 4.68. The first-order valence-corrected chi connectivity index (χ1v) is 6.38. The van der Waals surface area contributed by atoms with Crippen molar-refractivity contribution in [2.24, 2.45) is 0 Å². The van der Waals surface area contributed by atoms with Gasteiger partial charge in [0.25, 0.3) is 11.6 Å². The SMILES string of the molecule is O=C(NO)c1ccc2nc(-c3cc([N+](=O)[O-])ccc3F)[nH]c2c1. The lowest BCUT2D eigenvalue weighted by molar-refractivity contribution is -0.384. The van der Waals surface area contributed by atoms with Crippen molar-refractivity contribution in [3.8, 4) is 11.4 Å². The van der Waals surface area contributed by atoms with E-state index in [1.165, 1.54) is 23.7 Å². The number of aromatic nitrogens is 2. The number of H-pyrrole nitrogens is 1. The molecule has 23 heavy (non-hydrogen) atoms. The van der Waals surface area contributed by atoms with E-state index < -0.39 is 16.6 Å². The number of nitrogens with zero attached hydrogens (tertiary/aromatic N) is 2. The molecule has 0 saturated heterocycles. The first-order valence-electron chi connectivity index (χ1n) is 6.38. The van der Waals surface area contributed by atoms with Crippen LogP contribution in [0.15, 0.2) is 36.4 Å². The highest BCUT2D eigenvalue weighted by Gasteiger charge is 2.16. The number of hydroxylamine groups is 1. The molecule has 1 aromatic heterocycles. The predicted molar refractivity (Wildman–Crippen MR) is 77.4 cm³/mol. The van der Waals surface area contributed by atoms with E-state index in [-0.39, 0.29) is 22.6 Å². The Hall–Kier alpha value is -3.33. The van der Waals surface area contributed by atoms with Gasteiger partial charge >= 0.3 is 0 Å². The van der Waals surface area contributed by atoms with Crippen molar-refractivity contribution >= 4 is 22.6 Å². The second kappa shape index (κ2) is 5.46. The van der Waals surface area contributed by atoms with Crippen molar-refractivity contribution in [1.29, 1.82) is 0 Å². The second-order valence-corrected chi connectivity index (χ2v) is 4.68. The molecule has 3 N–H and O–H groups in total. The van der Waals surface area contributed by atoms with E-state index in [1.54, 1.807) is 0 Å². The van der Waals surface area contributed by atoms with Crippen LogP contribution in [0.1, 0.15) is 10.4 Å². The quantitative estimate of drug-likeness (QED) is 0.389. The summed E-state index contributed by atoms with van der Waals surface area (Å²) in [4.78, 5) is 28.5. The van der Waals surface area contributed by atoms with Crippen LogP contribution in [0.25, 0.3) is 22.4 Å². The summed E-state index contributed by atoms with van der Waals surface area (Å²) in [5.41, 5.74) is 2.23. The average Bonchev–Trinajstić information content (AvgIpc) is 2.96. The number of benzene rings is 2. The lowest BCUT2D eigenvalue weighted by Gasteiger charge is -1.99. The Labute approximate surface area is 127 Å². The minimum Gasteiger partial charge on any atom is -0.338 e. The average molecular weight is 316 g/mol. The maximum absolute atomic E-state index is 13.9. The summed E-state index contributed by atoms with van der Waals surface area (Å²) in [6.07, 6.45) is 0. The highest BCUT2D eigenvalue weighted by atomic mass is 19.1. The number of fused-ring (bicyclic) bond motifs is 1. The lowest BCUT2D eigenvalue weighted by Crippen LogP contribution is -2.18. The number of nitrogens with one attached hydrogen (secondary N) is 2. The molecule has 2 aromatic carbocycles. The van der Waals surface area contributed by atoms with Crippen LogP contribution in [-0.2, 0) is 0 Å². The van der Waals surface area contributed by atoms with Crippen LogP contribution in [0.5, 0.6) is 0 Å². The standard InChI is InChI=1S/C14H9FN4O4/c15-10-3-2-8(19(22)23)6-9(10)13-16-11-4-1-7(14(20)18-21)5-12(11)17-13/h1-6,21H,(H,16,17)(H,18,20). The minimum absolute atomic E-state index is 0.0523. The zero-order valence-corrected chi connectivity index (χ0v) is 11.4. The molecule has 0 saturated carbocycles. The lowest BCUT2D eigenvalue weighted by atomic mass is 10.2. The fourth-order valence-electron chi connectivity index (χ4n) is 2.15. The maximum atomic E-state index is 13.9. The van der Waals surface area contributed by atoms with Crippen molar-refractivity contribution in [2.75, 3.05) is 0 Å². The monoisotopic (exact) mass is 316 g/mol. The molecule has 116 valence electrons. The third-order valence-corrected chi connectivity index (χ3v) is 3.26. The molecule has 8 nitrogen and oxygen atoms in total. The van der Waals surface area contributed by atoms with E-state index in [0.717, 1.165) is 18.2 Å². The number of non-ortho nitro benzene ring substituents is 1. The van der Waals surface area contributed by atoms with Crippen LogP contribution >= 0.6 is 0 Å². The molecule has 1 amide bonds. The van der Waals surface area contributed by atoms with Crippen molar-refractivity contribution in [3.05, 3.63) is 57.9 Å². The summed E-state index contributed by atoms with van der Waals surface area (Å²) in [5, 5.41) is 19.4. The van der Waals surface area contributed by atoms with Gasteiger partial charge < -0.3 is 4.98 Å². The Balaban J connectivity index is 2.12. The van der Waals surface area contributed by atoms with Gasteiger partial charge in [0.2, 0.25) is 0 Å². The van der Waals surface area contributed by atoms with Gasteiger partial charge in [-0.15, -0.1) is 0 Å². The number of halogens is 1. The number of amides is 1. The molecular formula is C14H9FN4O4. The molecule has 3 rings (SSSR count). The first kappa shape index (κ1) is 14.6. The molecule has 0 unspecified atom stereocenters. The van der Waals surface area contributed by atoms with Crippen LogP contribution in [0.2, 0.25) is 0 Å². The van der Waals surface area contributed by atoms with Gasteiger partial charge in [-0.1, -0.05) is 0 Å². The fourth-order valence-corrected chi connectivity index (χ4v) is 2.15. The number of carbonyl (C=O) groups excluding carboxylic acids is 1. The highest BCUT2D eigenvalue weighted by Crippen LogP contribution is 2.27. The van der Waals surface area contributed by atoms with Gasteiger partial charge in [-0.25, -0.2) is 14.9 Å². The molecule has 0 spiro atoms. The van der Waals surface area contributed by atoms with Gasteiger partial charge in [-0.3, -0.25) is 20.1 Å². The molecule has 0 aliphatic rings. The van der Waals surface area contributed by atoms with E-state index >= 15 is 0 Å². The molecule has 0 aliphatic carbocycles. The number of hydrogen-bond donors (Lipinski definition) is 3. The number of hydrogen-bond acceptors (Lipinski definition) is 5. The number of imidazole rings is 1. The number of aromatic amines is 1. The van der Waals surface area contributed by atoms with E-state index in [2.05, 4.69) is 9.97 Å². The number of nitro groups is 1. The largest absolute Gasteiger partial charge is 0.338 e. The molecule has 0 bridgehead atoms. The van der Waals surface area contributed by atoms with E-state index in [1.807, 2.05) is 0 Å². The molecule has 0 atom stereocenters. The van der Waals surface area contributed by atoms with Gasteiger partial charge in [0, 0.05) is 17.7 Å². The van der Waals surface area contributed by atoms with Gasteiger partial charge in [0.1, 0.15) is 11.6 Å². The minimum atomic E-state index is -0.704. The van der Waals surface area contributed by atoms with Gasteiger partial charge in [0.15, 0.2) is 0 Å². The predicted octanol–water partition coefficient (Wildman–Crippen LogP) is 2.40. The Kier molecular flexibility index (Phi) is 3.47. The summed E-state index contributed by atoms with van der Waals surface area (Å²) < 4.78 is 13.9. The summed E-state index contributed by atoms with van der Waals surface area (Å²) in [5.74, 6) is -1.27. The topological polar surface area (TPSA) is 121 Å². The first-order chi connectivity index (χ1) is 11.0. The fraction of sp³-hybridized carbons (Fsp3) is 0. The number of carbonyl (C=O) groups is 1. The van der Waals surface area contributed by atoms with E-state index in [9.17, 15) is 19.3 Å². The summed E-state index contributed by atoms with van der Waals surface area (Å²) >= 11 is 0. The molecule has 1 heterocycles.